The largest absolute Gasteiger partial charge is 0.367 e. The van der Waals surface area contributed by atoms with Crippen LogP contribution < -0.4 is 10.6 Å². The van der Waals surface area contributed by atoms with E-state index in [0.29, 0.717) is 0 Å². The fourth-order valence-corrected chi connectivity index (χ4v) is 2.72. The lowest BCUT2D eigenvalue weighted by molar-refractivity contribution is 0.192. The van der Waals surface area contributed by atoms with Crippen LogP contribution in [0.15, 0.2) is 18.5 Å². The van der Waals surface area contributed by atoms with E-state index < -0.39 is 0 Å². The van der Waals surface area contributed by atoms with Crippen LogP contribution >= 0.6 is 0 Å². The Morgan fingerprint density at radius 2 is 2.11 bits per heavy atom. The quantitative estimate of drug-likeness (QED) is 0.716. The second-order valence-corrected chi connectivity index (χ2v) is 5.18. The Kier molecular flexibility index (Phi) is 3.70. The number of aromatic amines is 1. The van der Waals surface area contributed by atoms with E-state index >= 15 is 0 Å². The summed E-state index contributed by atoms with van der Waals surface area (Å²) in [6, 6.07) is 2.20. The first kappa shape index (κ1) is 12.5. The standard InChI is InChI=1S/C13H21N5O/c19-13-16-12(11-1-2-15-9-11)10-18(13)8-7-17-5-3-14-4-6-17/h1-2,9,12,14-15H,3-8,10H2,(H,16,19). The number of hydrogen-bond donors (Lipinski definition) is 3. The summed E-state index contributed by atoms with van der Waals surface area (Å²) in [6.45, 7) is 6.81. The molecule has 6 heteroatoms. The monoisotopic (exact) mass is 263 g/mol. The first-order chi connectivity index (χ1) is 9.33. The molecular weight excluding hydrogens is 242 g/mol. The third kappa shape index (κ3) is 2.90. The minimum Gasteiger partial charge on any atom is -0.367 e. The van der Waals surface area contributed by atoms with Crippen LogP contribution in [0, 0.1) is 0 Å². The molecule has 0 spiro atoms. The number of H-pyrrole nitrogens is 1. The Morgan fingerprint density at radius 3 is 2.84 bits per heavy atom. The molecule has 2 amide bonds. The van der Waals surface area contributed by atoms with Crippen LogP contribution in [-0.2, 0) is 0 Å². The van der Waals surface area contributed by atoms with E-state index in [1.165, 1.54) is 0 Å². The lowest BCUT2D eigenvalue weighted by atomic mass is 10.1. The maximum absolute atomic E-state index is 11.9. The van der Waals surface area contributed by atoms with E-state index in [1.54, 1.807) is 0 Å². The number of aromatic nitrogens is 1. The molecule has 6 nitrogen and oxygen atoms in total. The number of carbonyl (C=O) groups is 1. The van der Waals surface area contributed by atoms with Crippen molar-refractivity contribution in [3.63, 3.8) is 0 Å². The van der Waals surface area contributed by atoms with Crippen LogP contribution in [0.25, 0.3) is 0 Å². The van der Waals surface area contributed by atoms with E-state index in [0.717, 1.165) is 51.4 Å². The summed E-state index contributed by atoms with van der Waals surface area (Å²) in [6.07, 6.45) is 3.84. The SMILES string of the molecule is O=C1NC(c2cc[nH]c2)CN1CCN1CCNCC1. The second-order valence-electron chi connectivity index (χ2n) is 5.18. The molecule has 2 saturated heterocycles. The van der Waals surface area contributed by atoms with Crippen molar-refractivity contribution in [3.8, 4) is 0 Å². The molecule has 3 heterocycles. The third-order valence-electron chi connectivity index (χ3n) is 3.91. The fourth-order valence-electron chi connectivity index (χ4n) is 2.72. The summed E-state index contributed by atoms with van der Waals surface area (Å²) in [5.41, 5.74) is 1.15. The summed E-state index contributed by atoms with van der Waals surface area (Å²) >= 11 is 0. The van der Waals surface area contributed by atoms with Crippen molar-refractivity contribution in [3.05, 3.63) is 24.0 Å². The van der Waals surface area contributed by atoms with Gasteiger partial charge in [0.25, 0.3) is 0 Å². The predicted octanol–water partition coefficient (Wildman–Crippen LogP) is -0.0138. The lowest BCUT2D eigenvalue weighted by Crippen LogP contribution is -2.46. The number of amides is 2. The Bertz CT molecular complexity index is 413. The molecule has 3 rings (SSSR count). The molecule has 0 aromatic carbocycles. The molecule has 0 radical (unpaired) electrons. The highest BCUT2D eigenvalue weighted by atomic mass is 16.2. The maximum atomic E-state index is 11.9. The van der Waals surface area contributed by atoms with Gasteiger partial charge in [0.05, 0.1) is 6.04 Å². The number of nitrogens with zero attached hydrogens (tertiary/aromatic N) is 2. The van der Waals surface area contributed by atoms with Crippen LogP contribution in [0.2, 0.25) is 0 Å². The number of rotatable bonds is 4. The zero-order valence-corrected chi connectivity index (χ0v) is 11.1. The normalized spacial score (nSPS) is 24.7. The van der Waals surface area contributed by atoms with Gasteiger partial charge in [-0.05, 0) is 11.6 Å². The average molecular weight is 263 g/mol. The molecule has 2 aliphatic rings. The Balaban J connectivity index is 1.50. The average Bonchev–Trinajstić information content (AvgIpc) is 3.07. The number of carbonyl (C=O) groups excluding carboxylic acids is 1. The fraction of sp³-hybridized carbons (Fsp3) is 0.615. The Morgan fingerprint density at radius 1 is 1.26 bits per heavy atom. The van der Waals surface area contributed by atoms with E-state index in [2.05, 4.69) is 20.5 Å². The zero-order chi connectivity index (χ0) is 13.1. The first-order valence-corrected chi connectivity index (χ1v) is 6.94. The van der Waals surface area contributed by atoms with Gasteiger partial charge in [0.2, 0.25) is 0 Å². The summed E-state index contributed by atoms with van der Waals surface area (Å²) in [4.78, 5) is 19.3. The number of nitrogens with one attached hydrogen (secondary N) is 3. The molecule has 1 aromatic heterocycles. The van der Waals surface area contributed by atoms with Crippen LogP contribution in [0.5, 0.6) is 0 Å². The summed E-state index contributed by atoms with van der Waals surface area (Å²) in [5, 5.41) is 6.37. The zero-order valence-electron chi connectivity index (χ0n) is 11.1. The maximum Gasteiger partial charge on any atom is 0.318 e. The molecule has 2 fully saturated rings. The third-order valence-corrected chi connectivity index (χ3v) is 3.91. The Hall–Kier alpha value is -1.53. The summed E-state index contributed by atoms with van der Waals surface area (Å²) in [5.74, 6) is 0. The van der Waals surface area contributed by atoms with Gasteiger partial charge in [-0.15, -0.1) is 0 Å². The number of piperazine rings is 1. The van der Waals surface area contributed by atoms with Crippen molar-refractivity contribution in [2.75, 3.05) is 45.8 Å². The first-order valence-electron chi connectivity index (χ1n) is 6.94. The molecule has 0 saturated carbocycles. The van der Waals surface area contributed by atoms with Crippen LogP contribution in [0.4, 0.5) is 4.79 Å². The molecule has 1 aromatic rings. The van der Waals surface area contributed by atoms with Crippen molar-refractivity contribution in [1.29, 1.82) is 0 Å². The van der Waals surface area contributed by atoms with Gasteiger partial charge < -0.3 is 20.5 Å². The molecule has 104 valence electrons. The van der Waals surface area contributed by atoms with Gasteiger partial charge in [-0.3, -0.25) is 4.90 Å². The molecule has 0 aliphatic carbocycles. The molecule has 2 aliphatic heterocycles. The van der Waals surface area contributed by atoms with Gasteiger partial charge in [-0.1, -0.05) is 0 Å². The highest BCUT2D eigenvalue weighted by Gasteiger charge is 2.29. The van der Waals surface area contributed by atoms with Gasteiger partial charge in [-0.25, -0.2) is 4.79 Å². The van der Waals surface area contributed by atoms with Crippen LogP contribution in [0.3, 0.4) is 0 Å². The highest BCUT2D eigenvalue weighted by molar-refractivity contribution is 5.77. The smallest absolute Gasteiger partial charge is 0.318 e. The van der Waals surface area contributed by atoms with Crippen molar-refractivity contribution < 1.29 is 4.79 Å². The predicted molar refractivity (Wildman–Crippen MR) is 72.9 cm³/mol. The van der Waals surface area contributed by atoms with Crippen LogP contribution in [0.1, 0.15) is 11.6 Å². The number of urea groups is 1. The van der Waals surface area contributed by atoms with Crippen LogP contribution in [-0.4, -0.2) is 66.6 Å². The molecule has 0 bridgehead atoms. The Labute approximate surface area is 113 Å². The topological polar surface area (TPSA) is 63.4 Å². The summed E-state index contributed by atoms with van der Waals surface area (Å²) in [7, 11) is 0. The van der Waals surface area contributed by atoms with E-state index in [1.807, 2.05) is 23.4 Å². The van der Waals surface area contributed by atoms with Crippen molar-refractivity contribution >= 4 is 6.03 Å². The molecule has 1 unspecified atom stereocenters. The van der Waals surface area contributed by atoms with Crippen molar-refractivity contribution in [2.45, 2.75) is 6.04 Å². The minimum atomic E-state index is 0.0568. The van der Waals surface area contributed by atoms with Gasteiger partial charge >= 0.3 is 6.03 Å². The molecule has 3 N–H and O–H groups in total. The second kappa shape index (κ2) is 5.63. The van der Waals surface area contributed by atoms with Gasteiger partial charge in [-0.2, -0.15) is 0 Å². The van der Waals surface area contributed by atoms with E-state index in [-0.39, 0.29) is 12.1 Å². The lowest BCUT2D eigenvalue weighted by Gasteiger charge is -2.28. The van der Waals surface area contributed by atoms with E-state index in [4.69, 9.17) is 0 Å². The summed E-state index contributed by atoms with van der Waals surface area (Å²) < 4.78 is 0. The molecule has 19 heavy (non-hydrogen) atoms. The minimum absolute atomic E-state index is 0.0568. The van der Waals surface area contributed by atoms with Gasteiger partial charge in [0.15, 0.2) is 0 Å². The van der Waals surface area contributed by atoms with E-state index in [9.17, 15) is 4.79 Å². The molecular formula is C13H21N5O. The van der Waals surface area contributed by atoms with Crippen molar-refractivity contribution in [2.24, 2.45) is 0 Å². The van der Waals surface area contributed by atoms with Gasteiger partial charge in [0, 0.05) is 58.2 Å². The molecule has 1 atom stereocenters. The van der Waals surface area contributed by atoms with Crippen molar-refractivity contribution in [1.82, 2.24) is 25.4 Å². The number of hydrogen-bond acceptors (Lipinski definition) is 3. The highest BCUT2D eigenvalue weighted by Crippen LogP contribution is 2.19. The van der Waals surface area contributed by atoms with Gasteiger partial charge in [0.1, 0.15) is 0 Å².